The number of nitrogens with zero attached hydrogens (tertiary/aromatic N) is 4. The first kappa shape index (κ1) is 18.9. The van der Waals surface area contributed by atoms with Gasteiger partial charge < -0.3 is 15.4 Å². The summed E-state index contributed by atoms with van der Waals surface area (Å²) >= 11 is 3.51. The molecule has 1 fully saturated rings. The van der Waals surface area contributed by atoms with E-state index in [0.717, 1.165) is 35.8 Å². The fraction of sp³-hybridized carbons (Fsp3) is 0.227. The molecule has 4 aromatic rings. The van der Waals surface area contributed by atoms with Crippen molar-refractivity contribution >= 4 is 44.6 Å². The van der Waals surface area contributed by atoms with Crippen molar-refractivity contribution in [2.24, 2.45) is 0 Å². The molecule has 8 heteroatoms. The molecule has 0 unspecified atom stereocenters. The molecule has 0 aliphatic carbocycles. The number of anilines is 1. The number of carbonyl (C=O) groups excluding carboxylic acids is 1. The first-order chi connectivity index (χ1) is 14.6. The number of aromatic nitrogens is 3. The Morgan fingerprint density at radius 1 is 1.13 bits per heavy atom. The van der Waals surface area contributed by atoms with Crippen LogP contribution in [0.2, 0.25) is 0 Å². The summed E-state index contributed by atoms with van der Waals surface area (Å²) in [5.74, 6) is 0.888. The lowest BCUT2D eigenvalue weighted by Gasteiger charge is -2.29. The Kier molecular flexibility index (Phi) is 4.78. The zero-order valence-electron chi connectivity index (χ0n) is 16.2. The summed E-state index contributed by atoms with van der Waals surface area (Å²) in [5, 5.41) is 6.77. The first-order valence-corrected chi connectivity index (χ1v) is 10.6. The SMILES string of the molecule is Nc1c(Br)c(OC2CCN(C=O)CC2)nc2c(-c3ccc4ccccc4c3)cnn12. The van der Waals surface area contributed by atoms with Gasteiger partial charge in [0.1, 0.15) is 16.4 Å². The Labute approximate surface area is 181 Å². The van der Waals surface area contributed by atoms with Crippen LogP contribution in [0.1, 0.15) is 12.8 Å². The van der Waals surface area contributed by atoms with Crippen LogP contribution in [0.4, 0.5) is 5.82 Å². The monoisotopic (exact) mass is 465 g/mol. The molecular weight excluding hydrogens is 446 g/mol. The zero-order chi connectivity index (χ0) is 20.7. The van der Waals surface area contributed by atoms with Gasteiger partial charge >= 0.3 is 0 Å². The van der Waals surface area contributed by atoms with Crippen LogP contribution in [0.15, 0.2) is 53.1 Å². The Morgan fingerprint density at radius 2 is 1.90 bits per heavy atom. The van der Waals surface area contributed by atoms with Crippen molar-refractivity contribution < 1.29 is 9.53 Å². The number of hydrogen-bond acceptors (Lipinski definition) is 5. The van der Waals surface area contributed by atoms with Gasteiger partial charge in [0.15, 0.2) is 5.65 Å². The van der Waals surface area contributed by atoms with Crippen molar-refractivity contribution in [1.82, 2.24) is 19.5 Å². The number of rotatable bonds is 4. The molecule has 1 saturated heterocycles. The van der Waals surface area contributed by atoms with Crippen LogP contribution >= 0.6 is 15.9 Å². The minimum Gasteiger partial charge on any atom is -0.473 e. The second-order valence-electron chi connectivity index (χ2n) is 7.43. The third kappa shape index (κ3) is 3.27. The summed E-state index contributed by atoms with van der Waals surface area (Å²) in [4.78, 5) is 17.4. The molecule has 2 aromatic heterocycles. The smallest absolute Gasteiger partial charge is 0.234 e. The maximum Gasteiger partial charge on any atom is 0.234 e. The van der Waals surface area contributed by atoms with E-state index in [1.807, 2.05) is 12.1 Å². The number of ether oxygens (including phenoxy) is 1. The zero-order valence-corrected chi connectivity index (χ0v) is 17.7. The lowest BCUT2D eigenvalue weighted by Crippen LogP contribution is -2.37. The van der Waals surface area contributed by atoms with Crippen LogP contribution in [-0.2, 0) is 4.79 Å². The summed E-state index contributed by atoms with van der Waals surface area (Å²) < 4.78 is 8.38. The predicted molar refractivity (Wildman–Crippen MR) is 119 cm³/mol. The minimum atomic E-state index is -0.0149. The quantitative estimate of drug-likeness (QED) is 0.462. The molecule has 2 aromatic carbocycles. The van der Waals surface area contributed by atoms with Gasteiger partial charge in [0.05, 0.1) is 6.20 Å². The molecule has 0 saturated carbocycles. The second-order valence-corrected chi connectivity index (χ2v) is 8.22. The second kappa shape index (κ2) is 7.60. The summed E-state index contributed by atoms with van der Waals surface area (Å²) in [5.41, 5.74) is 8.88. The number of fused-ring (bicyclic) bond motifs is 2. The van der Waals surface area contributed by atoms with E-state index in [0.29, 0.717) is 34.9 Å². The highest BCUT2D eigenvalue weighted by Crippen LogP contribution is 2.35. The predicted octanol–water partition coefficient (Wildman–Crippen LogP) is 3.89. The van der Waals surface area contributed by atoms with E-state index in [1.165, 1.54) is 5.39 Å². The molecule has 1 amide bonds. The molecule has 1 aliphatic rings. The van der Waals surface area contributed by atoms with Crippen LogP contribution in [0, 0.1) is 0 Å². The van der Waals surface area contributed by atoms with Gasteiger partial charge in [-0.1, -0.05) is 36.4 Å². The molecule has 5 rings (SSSR count). The lowest BCUT2D eigenvalue weighted by molar-refractivity contribution is -0.119. The highest BCUT2D eigenvalue weighted by molar-refractivity contribution is 9.10. The summed E-state index contributed by atoms with van der Waals surface area (Å²) in [7, 11) is 0. The Hall–Kier alpha value is -3.13. The van der Waals surface area contributed by atoms with Gasteiger partial charge in [-0.05, 0) is 38.3 Å². The van der Waals surface area contributed by atoms with E-state index in [4.69, 9.17) is 15.5 Å². The number of benzene rings is 2. The van der Waals surface area contributed by atoms with Crippen molar-refractivity contribution in [3.63, 3.8) is 0 Å². The van der Waals surface area contributed by atoms with Crippen LogP contribution < -0.4 is 10.5 Å². The molecule has 0 atom stereocenters. The number of carbonyl (C=O) groups is 1. The van der Waals surface area contributed by atoms with Crippen LogP contribution in [0.5, 0.6) is 5.88 Å². The fourth-order valence-electron chi connectivity index (χ4n) is 3.87. The number of piperidine rings is 1. The molecule has 152 valence electrons. The van der Waals surface area contributed by atoms with Gasteiger partial charge in [-0.2, -0.15) is 14.6 Å². The van der Waals surface area contributed by atoms with E-state index >= 15 is 0 Å². The maximum absolute atomic E-state index is 10.9. The molecule has 30 heavy (non-hydrogen) atoms. The van der Waals surface area contributed by atoms with Gasteiger partial charge in [0.25, 0.3) is 0 Å². The van der Waals surface area contributed by atoms with Crippen molar-refractivity contribution in [3.05, 3.63) is 53.1 Å². The molecule has 0 bridgehead atoms. The Bertz CT molecular complexity index is 1250. The number of amides is 1. The molecule has 1 aliphatic heterocycles. The molecule has 0 radical (unpaired) electrons. The number of likely N-dealkylation sites (tertiary alicyclic amines) is 1. The first-order valence-electron chi connectivity index (χ1n) is 9.82. The number of nitrogen functional groups attached to an aromatic ring is 1. The van der Waals surface area contributed by atoms with E-state index in [1.54, 1.807) is 15.6 Å². The summed E-state index contributed by atoms with van der Waals surface area (Å²) in [6, 6.07) is 14.5. The van der Waals surface area contributed by atoms with Crippen LogP contribution in [-0.4, -0.2) is 45.1 Å². The summed E-state index contributed by atoms with van der Waals surface area (Å²) in [6.45, 7) is 1.36. The largest absolute Gasteiger partial charge is 0.473 e. The molecular formula is C22H20BrN5O2. The van der Waals surface area contributed by atoms with Gasteiger partial charge in [-0.15, -0.1) is 0 Å². The third-order valence-electron chi connectivity index (χ3n) is 5.56. The Morgan fingerprint density at radius 3 is 2.67 bits per heavy atom. The van der Waals surface area contributed by atoms with Crippen LogP contribution in [0.3, 0.4) is 0 Å². The molecule has 7 nitrogen and oxygen atoms in total. The van der Waals surface area contributed by atoms with Crippen molar-refractivity contribution in [1.29, 1.82) is 0 Å². The number of nitrogens with two attached hydrogens (primary N) is 1. The Balaban J connectivity index is 1.53. The van der Waals surface area contributed by atoms with Crippen molar-refractivity contribution in [2.45, 2.75) is 18.9 Å². The number of hydrogen-bond donors (Lipinski definition) is 1. The van der Waals surface area contributed by atoms with Crippen molar-refractivity contribution in [3.8, 4) is 17.0 Å². The average Bonchev–Trinajstić information content (AvgIpc) is 3.21. The van der Waals surface area contributed by atoms with Crippen molar-refractivity contribution in [2.75, 3.05) is 18.8 Å². The van der Waals surface area contributed by atoms with Gasteiger partial charge in [-0.25, -0.2) is 0 Å². The normalized spacial score (nSPS) is 15.0. The third-order valence-corrected chi connectivity index (χ3v) is 6.30. The highest BCUT2D eigenvalue weighted by Gasteiger charge is 2.23. The molecule has 3 heterocycles. The van der Waals surface area contributed by atoms with Gasteiger partial charge in [-0.3, -0.25) is 4.79 Å². The maximum atomic E-state index is 10.9. The number of halogens is 1. The molecule has 2 N–H and O–H groups in total. The lowest BCUT2D eigenvalue weighted by atomic mass is 10.0. The summed E-state index contributed by atoms with van der Waals surface area (Å²) in [6.07, 6.45) is 4.17. The standard InChI is InChI=1S/C22H20BrN5O2/c23-19-20(24)28-21(26-22(19)30-17-7-9-27(13-29)10-8-17)18(12-25-28)16-6-5-14-3-1-2-4-15(14)11-16/h1-6,11-13,17H,7-10,24H2. The highest BCUT2D eigenvalue weighted by atomic mass is 79.9. The average molecular weight is 466 g/mol. The van der Waals surface area contributed by atoms with Crippen LogP contribution in [0.25, 0.3) is 27.5 Å². The molecule has 0 spiro atoms. The topological polar surface area (TPSA) is 85.8 Å². The van der Waals surface area contributed by atoms with E-state index in [9.17, 15) is 4.79 Å². The van der Waals surface area contributed by atoms with E-state index in [-0.39, 0.29) is 6.10 Å². The van der Waals surface area contributed by atoms with E-state index in [2.05, 4.69) is 51.4 Å². The fourth-order valence-corrected chi connectivity index (χ4v) is 4.22. The van der Waals surface area contributed by atoms with Gasteiger partial charge in [0, 0.05) is 31.5 Å². The van der Waals surface area contributed by atoms with Gasteiger partial charge in [0.2, 0.25) is 12.3 Å². The van der Waals surface area contributed by atoms with E-state index < -0.39 is 0 Å². The minimum absolute atomic E-state index is 0.0149.